The number of thiazole rings is 1. The Balaban J connectivity index is 1.62. The first kappa shape index (κ1) is 23.6. The minimum absolute atomic E-state index is 0.130. The SMILES string of the molecule is CCCCOc1cccc(C(=O)NC(=S)Nc2nc3ccc(C(=O)OC(C)C)cc3s2)c1. The monoisotopic (exact) mass is 471 g/mol. The molecule has 0 fully saturated rings. The second kappa shape index (κ2) is 11.0. The lowest BCUT2D eigenvalue weighted by Crippen LogP contribution is -2.34. The molecule has 1 heterocycles. The number of unbranched alkanes of at least 4 members (excludes halogenated alkanes) is 1. The Morgan fingerprint density at radius 3 is 2.72 bits per heavy atom. The van der Waals surface area contributed by atoms with Gasteiger partial charge in [0, 0.05) is 5.56 Å². The van der Waals surface area contributed by atoms with Crippen molar-refractivity contribution in [1.82, 2.24) is 10.3 Å². The van der Waals surface area contributed by atoms with E-state index in [0.29, 0.717) is 34.1 Å². The van der Waals surface area contributed by atoms with E-state index in [-0.39, 0.29) is 23.1 Å². The standard InChI is InChI=1S/C23H25N3O4S2/c1-4-5-11-29-17-8-6-7-15(12-17)20(27)25-22(31)26-23-24-18-10-9-16(13-19(18)32-23)21(28)30-14(2)3/h6-10,12-14H,4-5,11H2,1-3H3,(H2,24,25,26,27,31). The summed E-state index contributed by atoms with van der Waals surface area (Å²) in [6.07, 6.45) is 1.80. The van der Waals surface area contributed by atoms with Crippen molar-refractivity contribution >= 4 is 55.9 Å². The van der Waals surface area contributed by atoms with Crippen LogP contribution in [0.5, 0.6) is 5.75 Å². The summed E-state index contributed by atoms with van der Waals surface area (Å²) in [7, 11) is 0. The zero-order chi connectivity index (χ0) is 23.1. The molecule has 168 valence electrons. The molecule has 9 heteroatoms. The second-order valence-corrected chi connectivity index (χ2v) is 8.73. The molecule has 0 bridgehead atoms. The molecule has 3 aromatic rings. The van der Waals surface area contributed by atoms with Crippen molar-refractivity contribution in [3.8, 4) is 5.75 Å². The van der Waals surface area contributed by atoms with Crippen LogP contribution in [0.2, 0.25) is 0 Å². The largest absolute Gasteiger partial charge is 0.494 e. The van der Waals surface area contributed by atoms with Crippen molar-refractivity contribution in [1.29, 1.82) is 0 Å². The number of esters is 1. The summed E-state index contributed by atoms with van der Waals surface area (Å²) in [5.74, 6) is -0.0836. The first-order valence-corrected chi connectivity index (χ1v) is 11.5. The second-order valence-electron chi connectivity index (χ2n) is 7.29. The number of amides is 1. The van der Waals surface area contributed by atoms with Crippen LogP contribution in [-0.2, 0) is 4.74 Å². The van der Waals surface area contributed by atoms with Gasteiger partial charge in [-0.15, -0.1) is 0 Å². The molecule has 1 aromatic heterocycles. The van der Waals surface area contributed by atoms with Crippen LogP contribution < -0.4 is 15.4 Å². The number of benzene rings is 2. The lowest BCUT2D eigenvalue weighted by molar-refractivity contribution is 0.0378. The number of ether oxygens (including phenoxy) is 2. The van der Waals surface area contributed by atoms with Gasteiger partial charge in [0.25, 0.3) is 5.91 Å². The molecule has 0 saturated carbocycles. The third kappa shape index (κ3) is 6.48. The number of thiocarbonyl (C=S) groups is 1. The quantitative estimate of drug-likeness (QED) is 0.266. The topological polar surface area (TPSA) is 89.5 Å². The third-order valence-electron chi connectivity index (χ3n) is 4.28. The van der Waals surface area contributed by atoms with Gasteiger partial charge in [0.15, 0.2) is 10.2 Å². The molecule has 0 spiro atoms. The number of carbonyl (C=O) groups excluding carboxylic acids is 2. The normalized spacial score (nSPS) is 10.8. The first-order valence-electron chi connectivity index (χ1n) is 10.3. The predicted molar refractivity (Wildman–Crippen MR) is 131 cm³/mol. The van der Waals surface area contributed by atoms with Gasteiger partial charge in [-0.05, 0) is 68.9 Å². The van der Waals surface area contributed by atoms with Crippen LogP contribution in [0.4, 0.5) is 5.13 Å². The van der Waals surface area contributed by atoms with E-state index in [0.717, 1.165) is 17.5 Å². The Morgan fingerprint density at radius 1 is 1.16 bits per heavy atom. The number of hydrogen-bond donors (Lipinski definition) is 2. The number of carbonyl (C=O) groups is 2. The lowest BCUT2D eigenvalue weighted by Gasteiger charge is -2.09. The summed E-state index contributed by atoms with van der Waals surface area (Å²) in [6, 6.07) is 12.1. The molecule has 1 amide bonds. The number of anilines is 1. The van der Waals surface area contributed by atoms with E-state index in [2.05, 4.69) is 22.5 Å². The minimum atomic E-state index is -0.381. The molecule has 0 radical (unpaired) electrons. The van der Waals surface area contributed by atoms with E-state index < -0.39 is 0 Å². The summed E-state index contributed by atoms with van der Waals surface area (Å²) in [6.45, 7) is 6.30. The maximum atomic E-state index is 12.5. The zero-order valence-electron chi connectivity index (χ0n) is 18.1. The fourth-order valence-corrected chi connectivity index (χ4v) is 3.92. The van der Waals surface area contributed by atoms with Crippen molar-refractivity contribution < 1.29 is 19.1 Å². The van der Waals surface area contributed by atoms with E-state index in [1.165, 1.54) is 11.3 Å². The smallest absolute Gasteiger partial charge is 0.338 e. The maximum Gasteiger partial charge on any atom is 0.338 e. The molecular weight excluding hydrogens is 446 g/mol. The highest BCUT2D eigenvalue weighted by Gasteiger charge is 2.14. The van der Waals surface area contributed by atoms with Crippen molar-refractivity contribution in [2.75, 3.05) is 11.9 Å². The molecule has 0 unspecified atom stereocenters. The van der Waals surface area contributed by atoms with Crippen molar-refractivity contribution in [3.05, 3.63) is 53.6 Å². The maximum absolute atomic E-state index is 12.5. The molecule has 0 aliphatic carbocycles. The molecule has 3 rings (SSSR count). The number of rotatable bonds is 8. The minimum Gasteiger partial charge on any atom is -0.494 e. The first-order chi connectivity index (χ1) is 15.4. The number of fused-ring (bicyclic) bond motifs is 1. The van der Waals surface area contributed by atoms with E-state index in [1.807, 2.05) is 6.07 Å². The van der Waals surface area contributed by atoms with Gasteiger partial charge in [0.2, 0.25) is 0 Å². The predicted octanol–water partition coefficient (Wildman–Crippen LogP) is 5.17. The van der Waals surface area contributed by atoms with Crippen LogP contribution in [-0.4, -0.2) is 34.7 Å². The number of hydrogen-bond acceptors (Lipinski definition) is 7. The van der Waals surface area contributed by atoms with Crippen molar-refractivity contribution in [2.45, 2.75) is 39.7 Å². The van der Waals surface area contributed by atoms with E-state index in [1.54, 1.807) is 50.2 Å². The lowest BCUT2D eigenvalue weighted by atomic mass is 10.2. The van der Waals surface area contributed by atoms with E-state index in [4.69, 9.17) is 21.7 Å². The molecular formula is C23H25N3O4S2. The number of aromatic nitrogens is 1. The highest BCUT2D eigenvalue weighted by molar-refractivity contribution is 7.80. The Bertz CT molecular complexity index is 1130. The molecule has 7 nitrogen and oxygen atoms in total. The van der Waals surface area contributed by atoms with Gasteiger partial charge in [-0.1, -0.05) is 30.7 Å². The van der Waals surface area contributed by atoms with Crippen LogP contribution in [0, 0.1) is 0 Å². The Kier molecular flexibility index (Phi) is 8.13. The van der Waals surface area contributed by atoms with Gasteiger partial charge in [0.1, 0.15) is 5.75 Å². The Morgan fingerprint density at radius 2 is 1.97 bits per heavy atom. The number of nitrogens with zero attached hydrogens (tertiary/aromatic N) is 1. The summed E-state index contributed by atoms with van der Waals surface area (Å²) < 4.78 is 11.7. The summed E-state index contributed by atoms with van der Waals surface area (Å²) >= 11 is 6.59. The highest BCUT2D eigenvalue weighted by Crippen LogP contribution is 2.27. The number of nitrogens with one attached hydrogen (secondary N) is 2. The van der Waals surface area contributed by atoms with Crippen LogP contribution >= 0.6 is 23.6 Å². The zero-order valence-corrected chi connectivity index (χ0v) is 19.8. The molecule has 2 aromatic carbocycles. The molecule has 0 saturated heterocycles. The molecule has 32 heavy (non-hydrogen) atoms. The molecule has 0 atom stereocenters. The van der Waals surface area contributed by atoms with Gasteiger partial charge in [-0.3, -0.25) is 10.1 Å². The molecule has 2 N–H and O–H groups in total. The van der Waals surface area contributed by atoms with Crippen LogP contribution in [0.25, 0.3) is 10.2 Å². The van der Waals surface area contributed by atoms with Gasteiger partial charge in [-0.2, -0.15) is 0 Å². The van der Waals surface area contributed by atoms with Gasteiger partial charge >= 0.3 is 5.97 Å². The molecule has 0 aliphatic heterocycles. The van der Waals surface area contributed by atoms with Gasteiger partial charge in [-0.25, -0.2) is 9.78 Å². The van der Waals surface area contributed by atoms with E-state index in [9.17, 15) is 9.59 Å². The average Bonchev–Trinajstić information content (AvgIpc) is 3.14. The summed E-state index contributed by atoms with van der Waals surface area (Å²) in [5.41, 5.74) is 1.61. The Labute approximate surface area is 196 Å². The average molecular weight is 472 g/mol. The van der Waals surface area contributed by atoms with Gasteiger partial charge < -0.3 is 14.8 Å². The van der Waals surface area contributed by atoms with Crippen LogP contribution in [0.1, 0.15) is 54.3 Å². The van der Waals surface area contributed by atoms with Gasteiger partial charge in [0.05, 0.1) is 28.5 Å². The van der Waals surface area contributed by atoms with Crippen molar-refractivity contribution in [3.63, 3.8) is 0 Å². The van der Waals surface area contributed by atoms with Crippen LogP contribution in [0.15, 0.2) is 42.5 Å². The summed E-state index contributed by atoms with van der Waals surface area (Å²) in [4.78, 5) is 29.1. The fraction of sp³-hybridized carbons (Fsp3) is 0.304. The summed E-state index contributed by atoms with van der Waals surface area (Å²) in [5, 5.41) is 6.22. The van der Waals surface area contributed by atoms with E-state index >= 15 is 0 Å². The molecule has 0 aliphatic rings. The Hall–Kier alpha value is -3.04. The highest BCUT2D eigenvalue weighted by atomic mass is 32.1. The van der Waals surface area contributed by atoms with Crippen molar-refractivity contribution in [2.24, 2.45) is 0 Å². The third-order valence-corrected chi connectivity index (χ3v) is 5.41. The fourth-order valence-electron chi connectivity index (χ4n) is 2.75. The van der Waals surface area contributed by atoms with Crippen LogP contribution in [0.3, 0.4) is 0 Å².